The summed E-state index contributed by atoms with van der Waals surface area (Å²) in [5.41, 5.74) is 10.4. The molecule has 0 amide bonds. The molecule has 0 saturated heterocycles. The monoisotopic (exact) mass is 472 g/mol. The molecular weight excluding hydrogens is 448 g/mol. The van der Waals surface area contributed by atoms with Crippen molar-refractivity contribution < 1.29 is 0 Å². The summed E-state index contributed by atoms with van der Waals surface area (Å²) in [7, 11) is 0. The van der Waals surface area contributed by atoms with Crippen LogP contribution in [0.1, 0.15) is 61.8 Å². The van der Waals surface area contributed by atoms with Crippen molar-refractivity contribution in [2.75, 3.05) is 0 Å². The Kier molecular flexibility index (Phi) is 4.03. The summed E-state index contributed by atoms with van der Waals surface area (Å²) in [6, 6.07) is 22.8. The van der Waals surface area contributed by atoms with Gasteiger partial charge >= 0.3 is 0 Å². The first-order valence-corrected chi connectivity index (χ1v) is 12.4. The number of hydrogen-bond donors (Lipinski definition) is 0. The molecular formula is C28H25BrS. The van der Waals surface area contributed by atoms with Crippen molar-refractivity contribution in [3.63, 3.8) is 0 Å². The number of allylic oxidation sites excluding steroid dienone is 1. The highest BCUT2D eigenvalue weighted by molar-refractivity contribution is 9.10. The SMILES string of the molecule is CC1(C)c2ccccc2-c2c1ccc1c2SC2(C)C(c3ccc(Br)cc3)=CCCC12. The molecule has 1 aliphatic heterocycles. The lowest BCUT2D eigenvalue weighted by molar-refractivity contribution is 0.549. The number of halogens is 1. The maximum absolute atomic E-state index is 3.60. The van der Waals surface area contributed by atoms with E-state index in [1.807, 2.05) is 0 Å². The zero-order valence-corrected chi connectivity index (χ0v) is 20.0. The summed E-state index contributed by atoms with van der Waals surface area (Å²) < 4.78 is 1.23. The average Bonchev–Trinajstić information content (AvgIpc) is 3.17. The van der Waals surface area contributed by atoms with Gasteiger partial charge in [-0.3, -0.25) is 0 Å². The van der Waals surface area contributed by atoms with Gasteiger partial charge in [0.2, 0.25) is 0 Å². The van der Waals surface area contributed by atoms with E-state index in [-0.39, 0.29) is 10.2 Å². The third kappa shape index (κ3) is 2.41. The van der Waals surface area contributed by atoms with E-state index in [9.17, 15) is 0 Å². The lowest BCUT2D eigenvalue weighted by Gasteiger charge is -2.37. The Morgan fingerprint density at radius 3 is 2.47 bits per heavy atom. The molecule has 0 bridgehead atoms. The van der Waals surface area contributed by atoms with Crippen LogP contribution in [-0.2, 0) is 5.41 Å². The van der Waals surface area contributed by atoms with Crippen LogP contribution in [0.15, 0.2) is 76.1 Å². The quantitative estimate of drug-likeness (QED) is 0.341. The van der Waals surface area contributed by atoms with Crippen LogP contribution in [0.4, 0.5) is 0 Å². The van der Waals surface area contributed by atoms with Gasteiger partial charge in [0.15, 0.2) is 0 Å². The minimum Gasteiger partial charge on any atom is -0.113 e. The van der Waals surface area contributed by atoms with Crippen LogP contribution >= 0.6 is 27.7 Å². The highest BCUT2D eigenvalue weighted by Gasteiger charge is 2.50. The Morgan fingerprint density at radius 1 is 0.900 bits per heavy atom. The Balaban J connectivity index is 1.54. The van der Waals surface area contributed by atoms with Crippen LogP contribution in [0.5, 0.6) is 0 Å². The van der Waals surface area contributed by atoms with Crippen molar-refractivity contribution in [1.29, 1.82) is 0 Å². The lowest BCUT2D eigenvalue weighted by atomic mass is 9.72. The second-order valence-corrected chi connectivity index (χ2v) is 11.9. The molecule has 2 atom stereocenters. The van der Waals surface area contributed by atoms with Gasteiger partial charge in [0.1, 0.15) is 0 Å². The molecule has 30 heavy (non-hydrogen) atoms. The fourth-order valence-electron chi connectivity index (χ4n) is 6.05. The molecule has 150 valence electrons. The van der Waals surface area contributed by atoms with E-state index >= 15 is 0 Å². The first-order chi connectivity index (χ1) is 14.4. The maximum Gasteiger partial charge on any atom is 0.0499 e. The zero-order chi connectivity index (χ0) is 20.7. The number of fused-ring (bicyclic) bond motifs is 7. The van der Waals surface area contributed by atoms with Crippen LogP contribution in [0.3, 0.4) is 0 Å². The van der Waals surface area contributed by atoms with E-state index in [2.05, 4.69) is 115 Å². The molecule has 3 aliphatic rings. The van der Waals surface area contributed by atoms with Crippen molar-refractivity contribution in [2.24, 2.45) is 0 Å². The molecule has 0 saturated carbocycles. The molecule has 3 aromatic rings. The first kappa shape index (κ1) is 19.0. The van der Waals surface area contributed by atoms with Gasteiger partial charge < -0.3 is 0 Å². The third-order valence-electron chi connectivity index (χ3n) is 7.58. The van der Waals surface area contributed by atoms with Crippen molar-refractivity contribution in [3.8, 4) is 11.1 Å². The average molecular weight is 473 g/mol. The molecule has 0 spiro atoms. The molecule has 0 N–H and O–H groups in total. The molecule has 3 aromatic carbocycles. The normalized spacial score (nSPS) is 25.2. The number of rotatable bonds is 1. The van der Waals surface area contributed by atoms with Gasteiger partial charge in [-0.2, -0.15) is 0 Å². The third-order valence-corrected chi connectivity index (χ3v) is 9.68. The van der Waals surface area contributed by atoms with Gasteiger partial charge in [-0.15, -0.1) is 11.8 Å². The van der Waals surface area contributed by atoms with Crippen LogP contribution in [0.2, 0.25) is 0 Å². The van der Waals surface area contributed by atoms with Gasteiger partial charge in [-0.25, -0.2) is 0 Å². The van der Waals surface area contributed by atoms with Gasteiger partial charge in [0, 0.05) is 25.4 Å². The highest BCUT2D eigenvalue weighted by atomic mass is 79.9. The maximum atomic E-state index is 3.60. The summed E-state index contributed by atoms with van der Waals surface area (Å²) in [6.07, 6.45) is 4.89. The molecule has 0 radical (unpaired) electrons. The molecule has 0 nitrogen and oxygen atoms in total. The number of benzene rings is 3. The van der Waals surface area contributed by atoms with E-state index in [1.54, 1.807) is 5.56 Å². The van der Waals surface area contributed by atoms with Gasteiger partial charge in [-0.05, 0) is 70.9 Å². The second kappa shape index (κ2) is 6.37. The molecule has 0 aromatic heterocycles. The zero-order valence-electron chi connectivity index (χ0n) is 17.6. The van der Waals surface area contributed by atoms with Gasteiger partial charge in [0.25, 0.3) is 0 Å². The Hall–Kier alpha value is -1.77. The van der Waals surface area contributed by atoms with Crippen molar-refractivity contribution in [3.05, 3.63) is 93.5 Å². The topological polar surface area (TPSA) is 0 Å². The summed E-state index contributed by atoms with van der Waals surface area (Å²) in [4.78, 5) is 1.53. The summed E-state index contributed by atoms with van der Waals surface area (Å²) in [6.45, 7) is 7.24. The van der Waals surface area contributed by atoms with E-state index in [1.165, 1.54) is 44.7 Å². The Labute approximate surface area is 191 Å². The van der Waals surface area contributed by atoms with E-state index in [4.69, 9.17) is 0 Å². The van der Waals surface area contributed by atoms with Crippen molar-refractivity contribution in [2.45, 2.75) is 54.6 Å². The van der Waals surface area contributed by atoms with E-state index in [0.29, 0.717) is 5.92 Å². The highest BCUT2D eigenvalue weighted by Crippen LogP contribution is 2.66. The molecule has 6 rings (SSSR count). The van der Waals surface area contributed by atoms with E-state index in [0.717, 1.165) is 10.9 Å². The fourth-order valence-corrected chi connectivity index (χ4v) is 8.08. The van der Waals surface area contributed by atoms with Crippen molar-refractivity contribution in [1.82, 2.24) is 0 Å². The van der Waals surface area contributed by atoms with Crippen LogP contribution in [-0.4, -0.2) is 4.75 Å². The smallest absolute Gasteiger partial charge is 0.0499 e. The molecule has 1 heterocycles. The van der Waals surface area contributed by atoms with Gasteiger partial charge in [0.05, 0.1) is 0 Å². The predicted octanol–water partition coefficient (Wildman–Crippen LogP) is 8.58. The summed E-state index contributed by atoms with van der Waals surface area (Å²) in [5.74, 6) is 0.572. The van der Waals surface area contributed by atoms with Crippen molar-refractivity contribution >= 4 is 33.3 Å². The number of hydrogen-bond acceptors (Lipinski definition) is 1. The van der Waals surface area contributed by atoms with Crippen LogP contribution < -0.4 is 0 Å². The standard InChI is InChI=1S/C28H25BrS/c1-27(2)22-8-5-4-7-19(22)25-24(27)16-15-20-23-10-6-9-21(28(23,3)30-26(20)25)17-11-13-18(29)14-12-17/h4-5,7-9,11-16,23H,6,10H2,1-3H3. The van der Waals surface area contributed by atoms with Gasteiger partial charge in [-0.1, -0.05) is 84.4 Å². The summed E-state index contributed by atoms with van der Waals surface area (Å²) in [5, 5.41) is 0. The fraction of sp³-hybridized carbons (Fsp3) is 0.286. The molecule has 2 heteroatoms. The minimum absolute atomic E-state index is 0.0700. The molecule has 0 fully saturated rings. The predicted molar refractivity (Wildman–Crippen MR) is 132 cm³/mol. The van der Waals surface area contributed by atoms with Crippen LogP contribution in [0, 0.1) is 0 Å². The minimum atomic E-state index is 0.0700. The Morgan fingerprint density at radius 2 is 1.67 bits per heavy atom. The van der Waals surface area contributed by atoms with Crippen LogP contribution in [0.25, 0.3) is 16.7 Å². The van der Waals surface area contributed by atoms with E-state index < -0.39 is 0 Å². The Bertz CT molecular complexity index is 1220. The first-order valence-electron chi connectivity index (χ1n) is 10.8. The largest absolute Gasteiger partial charge is 0.113 e. The lowest BCUT2D eigenvalue weighted by Crippen LogP contribution is -2.29. The molecule has 2 aliphatic carbocycles. The summed E-state index contributed by atoms with van der Waals surface area (Å²) >= 11 is 5.72. The second-order valence-electron chi connectivity index (χ2n) is 9.54. The number of thioether (sulfide) groups is 1. The molecule has 2 unspecified atom stereocenters.